The SMILES string of the molecule is CCOC(C(=O)O)C(=O)C(Cl)=C(Cl)Cl. The van der Waals surface area contributed by atoms with E-state index in [0.29, 0.717) is 0 Å². The third-order valence-electron chi connectivity index (χ3n) is 1.18. The Morgan fingerprint density at radius 1 is 1.36 bits per heavy atom. The zero-order valence-electron chi connectivity index (χ0n) is 7.09. The molecule has 14 heavy (non-hydrogen) atoms. The van der Waals surface area contributed by atoms with E-state index in [1.807, 2.05) is 0 Å². The number of halogens is 3. The van der Waals surface area contributed by atoms with Crippen LogP contribution in [0.5, 0.6) is 0 Å². The summed E-state index contributed by atoms with van der Waals surface area (Å²) >= 11 is 15.8. The quantitative estimate of drug-likeness (QED) is 0.607. The number of ether oxygens (including phenoxy) is 1. The highest BCUT2D eigenvalue weighted by atomic mass is 35.5. The predicted octanol–water partition coefficient (Wildman–Crippen LogP) is 1.93. The zero-order valence-corrected chi connectivity index (χ0v) is 9.36. The van der Waals surface area contributed by atoms with Gasteiger partial charge in [0, 0.05) is 6.61 Å². The molecule has 0 bridgehead atoms. The number of carboxylic acid groups (broad SMARTS) is 1. The Morgan fingerprint density at radius 2 is 1.86 bits per heavy atom. The predicted molar refractivity (Wildman–Crippen MR) is 52.6 cm³/mol. The minimum atomic E-state index is -1.67. The molecule has 0 aromatic rings. The summed E-state index contributed by atoms with van der Waals surface area (Å²) in [5.41, 5.74) is 0. The first-order valence-electron chi connectivity index (χ1n) is 3.51. The van der Waals surface area contributed by atoms with Gasteiger partial charge in [-0.15, -0.1) is 0 Å². The van der Waals surface area contributed by atoms with Crippen LogP contribution in [-0.4, -0.2) is 29.6 Å². The lowest BCUT2D eigenvalue weighted by Gasteiger charge is -2.09. The monoisotopic (exact) mass is 260 g/mol. The van der Waals surface area contributed by atoms with E-state index in [1.165, 1.54) is 0 Å². The lowest BCUT2D eigenvalue weighted by Crippen LogP contribution is -2.33. The van der Waals surface area contributed by atoms with Crippen molar-refractivity contribution < 1.29 is 19.4 Å². The number of ketones is 1. The Hall–Kier alpha value is -0.290. The maximum atomic E-state index is 11.3. The van der Waals surface area contributed by atoms with Crippen LogP contribution in [0.3, 0.4) is 0 Å². The molecule has 0 saturated heterocycles. The molecule has 0 radical (unpaired) electrons. The van der Waals surface area contributed by atoms with Crippen molar-refractivity contribution in [3.63, 3.8) is 0 Å². The Morgan fingerprint density at radius 3 is 2.14 bits per heavy atom. The van der Waals surface area contributed by atoms with Gasteiger partial charge in [0.25, 0.3) is 0 Å². The fourth-order valence-corrected chi connectivity index (χ4v) is 0.919. The third kappa shape index (κ3) is 3.84. The van der Waals surface area contributed by atoms with Gasteiger partial charge in [0.2, 0.25) is 11.9 Å². The molecule has 0 aliphatic heterocycles. The molecule has 0 aromatic heterocycles. The lowest BCUT2D eigenvalue weighted by atomic mass is 10.2. The highest BCUT2D eigenvalue weighted by molar-refractivity contribution is 6.63. The molecular weight excluding hydrogens is 254 g/mol. The molecule has 0 aliphatic carbocycles. The molecule has 0 heterocycles. The number of hydrogen-bond acceptors (Lipinski definition) is 3. The van der Waals surface area contributed by atoms with Gasteiger partial charge in [-0.2, -0.15) is 0 Å². The third-order valence-corrected chi connectivity index (χ3v) is 2.12. The van der Waals surface area contributed by atoms with E-state index in [2.05, 4.69) is 4.74 Å². The van der Waals surface area contributed by atoms with E-state index in [1.54, 1.807) is 6.92 Å². The van der Waals surface area contributed by atoms with Crippen LogP contribution in [-0.2, 0) is 14.3 Å². The Balaban J connectivity index is 4.78. The van der Waals surface area contributed by atoms with Gasteiger partial charge in [0.05, 0.1) is 0 Å². The number of hydrogen-bond donors (Lipinski definition) is 1. The molecule has 0 rings (SSSR count). The minimum absolute atomic E-state index is 0.0623. The van der Waals surface area contributed by atoms with Crippen molar-refractivity contribution in [3.05, 3.63) is 9.52 Å². The number of rotatable bonds is 5. The summed E-state index contributed by atoms with van der Waals surface area (Å²) in [5, 5.41) is 8.05. The maximum Gasteiger partial charge on any atom is 0.341 e. The molecule has 0 aliphatic rings. The number of aliphatic carboxylic acids is 1. The van der Waals surface area contributed by atoms with Gasteiger partial charge < -0.3 is 9.84 Å². The number of carbonyl (C=O) groups excluding carboxylic acids is 1. The molecule has 7 heteroatoms. The molecule has 0 aromatic carbocycles. The van der Waals surface area contributed by atoms with Crippen molar-refractivity contribution >= 4 is 46.6 Å². The molecule has 0 fully saturated rings. The molecule has 1 atom stereocenters. The summed E-state index contributed by atoms with van der Waals surface area (Å²) in [6.45, 7) is 1.61. The van der Waals surface area contributed by atoms with E-state index in [9.17, 15) is 9.59 Å². The van der Waals surface area contributed by atoms with Gasteiger partial charge in [-0.3, -0.25) is 4.79 Å². The van der Waals surface area contributed by atoms with Crippen LogP contribution in [0.25, 0.3) is 0 Å². The first-order valence-corrected chi connectivity index (χ1v) is 4.64. The molecule has 0 saturated carbocycles. The van der Waals surface area contributed by atoms with Crippen molar-refractivity contribution in [1.29, 1.82) is 0 Å². The van der Waals surface area contributed by atoms with Crippen LogP contribution in [0.15, 0.2) is 9.52 Å². The molecule has 4 nitrogen and oxygen atoms in total. The summed E-state index contributed by atoms with van der Waals surface area (Å²) in [7, 11) is 0. The van der Waals surface area contributed by atoms with Crippen LogP contribution in [0.2, 0.25) is 0 Å². The topological polar surface area (TPSA) is 63.6 Å². The largest absolute Gasteiger partial charge is 0.479 e. The van der Waals surface area contributed by atoms with Gasteiger partial charge in [-0.25, -0.2) is 4.79 Å². The Kier molecular flexibility index (Phi) is 6.11. The number of Topliss-reactive ketones (excluding diaryl/α,β-unsaturated/α-hetero) is 1. The number of carboxylic acids is 1. The second kappa shape index (κ2) is 6.24. The van der Waals surface area contributed by atoms with E-state index in [0.717, 1.165) is 0 Å². The standard InChI is InChI=1S/C7H7Cl3O4/c1-2-14-5(7(12)13)4(11)3(8)6(9)10/h5H,2H2,1H3,(H,12,13). The second-order valence-corrected chi connectivity index (χ2v) is 3.44. The lowest BCUT2D eigenvalue weighted by molar-refractivity contribution is -0.154. The van der Waals surface area contributed by atoms with Crippen molar-refractivity contribution in [1.82, 2.24) is 0 Å². The fourth-order valence-electron chi connectivity index (χ4n) is 0.634. The van der Waals surface area contributed by atoms with Gasteiger partial charge in [-0.1, -0.05) is 34.8 Å². The van der Waals surface area contributed by atoms with Crippen LogP contribution in [0.4, 0.5) is 0 Å². The highest BCUT2D eigenvalue weighted by Crippen LogP contribution is 2.20. The van der Waals surface area contributed by atoms with Crippen molar-refractivity contribution in [2.75, 3.05) is 6.61 Å². The zero-order chi connectivity index (χ0) is 11.3. The van der Waals surface area contributed by atoms with Crippen LogP contribution in [0.1, 0.15) is 6.92 Å². The molecule has 1 N–H and O–H groups in total. The Bertz CT molecular complexity index is 270. The highest BCUT2D eigenvalue weighted by Gasteiger charge is 2.29. The van der Waals surface area contributed by atoms with E-state index >= 15 is 0 Å². The summed E-state index contributed by atoms with van der Waals surface area (Å²) in [6, 6.07) is 0. The summed E-state index contributed by atoms with van der Waals surface area (Å²) in [4.78, 5) is 21.8. The van der Waals surface area contributed by atoms with Gasteiger partial charge >= 0.3 is 5.97 Å². The molecule has 1 unspecified atom stereocenters. The first-order chi connectivity index (χ1) is 6.41. The smallest absolute Gasteiger partial charge is 0.341 e. The normalized spacial score (nSPS) is 12.0. The van der Waals surface area contributed by atoms with Crippen molar-refractivity contribution in [2.45, 2.75) is 13.0 Å². The van der Waals surface area contributed by atoms with E-state index < -0.39 is 27.4 Å². The summed E-state index contributed by atoms with van der Waals surface area (Å²) in [6.07, 6.45) is -1.67. The van der Waals surface area contributed by atoms with Gasteiger partial charge in [-0.05, 0) is 6.92 Å². The molecular formula is C7H7Cl3O4. The minimum Gasteiger partial charge on any atom is -0.479 e. The van der Waals surface area contributed by atoms with Gasteiger partial charge in [0.1, 0.15) is 9.52 Å². The average Bonchev–Trinajstić information content (AvgIpc) is 2.11. The van der Waals surface area contributed by atoms with Crippen LogP contribution in [0, 0.1) is 0 Å². The Labute approximate surface area is 95.4 Å². The average molecular weight is 261 g/mol. The number of carbonyl (C=O) groups is 2. The summed E-state index contributed by atoms with van der Waals surface area (Å²) < 4.78 is 4.17. The fraction of sp³-hybridized carbons (Fsp3) is 0.429. The van der Waals surface area contributed by atoms with Crippen molar-refractivity contribution in [3.8, 4) is 0 Å². The van der Waals surface area contributed by atoms with E-state index in [4.69, 9.17) is 39.9 Å². The van der Waals surface area contributed by atoms with Crippen LogP contribution >= 0.6 is 34.8 Å². The summed E-state index contributed by atoms with van der Waals surface area (Å²) in [5.74, 6) is -2.41. The van der Waals surface area contributed by atoms with Crippen LogP contribution < -0.4 is 0 Å². The molecule has 80 valence electrons. The second-order valence-electron chi connectivity index (χ2n) is 2.11. The molecule has 0 spiro atoms. The van der Waals surface area contributed by atoms with E-state index in [-0.39, 0.29) is 6.61 Å². The first kappa shape index (κ1) is 13.7. The maximum absolute atomic E-state index is 11.3. The molecule has 0 amide bonds. The van der Waals surface area contributed by atoms with Gasteiger partial charge in [0.15, 0.2) is 0 Å². The van der Waals surface area contributed by atoms with Crippen molar-refractivity contribution in [2.24, 2.45) is 0 Å².